The van der Waals surface area contributed by atoms with Crippen molar-refractivity contribution >= 4 is 47.5 Å². The van der Waals surface area contributed by atoms with Crippen molar-refractivity contribution in [3.05, 3.63) is 0 Å². The van der Waals surface area contributed by atoms with Crippen LogP contribution in [0.2, 0.25) is 0 Å². The van der Waals surface area contributed by atoms with E-state index in [2.05, 4.69) is 22.9 Å². The van der Waals surface area contributed by atoms with E-state index in [9.17, 15) is 58.8 Å². The molecule has 0 atom stereocenters. The Morgan fingerprint density at radius 1 is 0.432 bits per heavy atom. The summed E-state index contributed by atoms with van der Waals surface area (Å²) in [5.74, 6) is -7.45. The summed E-state index contributed by atoms with van der Waals surface area (Å²) in [4.78, 5) is 80.3. The molecule has 0 unspecified atom stereocenters. The van der Waals surface area contributed by atoms with E-state index in [0.717, 1.165) is 9.80 Å². The van der Waals surface area contributed by atoms with E-state index in [0.29, 0.717) is 13.1 Å². The van der Waals surface area contributed by atoms with Crippen LogP contribution in [0.5, 0.6) is 0 Å². The zero-order valence-corrected chi connectivity index (χ0v) is 34.9. The van der Waals surface area contributed by atoms with Gasteiger partial charge in [0.2, 0.25) is 23.6 Å². The molecule has 0 saturated heterocycles. The number of hydrogen-bond donors (Lipinski definition) is 6. The molecular formula is C20H40N8Na4O12. The normalized spacial score (nSPS) is 7.82. The smallest absolute Gasteiger partial charge is 0.549 e. The van der Waals surface area contributed by atoms with E-state index in [1.165, 1.54) is 27.7 Å². The van der Waals surface area contributed by atoms with Crippen LogP contribution in [-0.4, -0.2) is 110 Å². The van der Waals surface area contributed by atoms with E-state index < -0.39 is 50.1 Å². The fourth-order valence-corrected chi connectivity index (χ4v) is 1.44. The van der Waals surface area contributed by atoms with Crippen LogP contribution in [0.25, 0.3) is 0 Å². The Labute approximate surface area is 344 Å². The molecule has 0 aliphatic heterocycles. The van der Waals surface area contributed by atoms with E-state index in [4.69, 9.17) is 11.5 Å². The number of carboxylic acid groups (broad SMARTS) is 4. The van der Waals surface area contributed by atoms with E-state index in [1.807, 2.05) is 0 Å². The van der Waals surface area contributed by atoms with Gasteiger partial charge in [-0.15, -0.1) is 0 Å². The molecule has 0 aromatic carbocycles. The number of rotatable bonds is 12. The second-order valence-electron chi connectivity index (χ2n) is 6.93. The van der Waals surface area contributed by atoms with Crippen LogP contribution in [0.4, 0.5) is 0 Å². The standard InChI is InChI=1S/C10H16N2O8.C2H8N2.4C2H5NO.4Na/c13-7(14)3-11(4-8(15)16)1-2-12(5-9(17)18)6-10(19)20;3-1-2-4;4*1-2(3)4;;;;/h1-6H2,(H,13,14)(H,15,16)(H,17,18)(H,19,20);1-4H2;4*1H3,(H2,3,4);;;;/q;;;;;;4*+1/p-4. The number of aliphatic carboxylic acids is 4. The Kier molecular flexibility index (Phi) is 83.1. The van der Waals surface area contributed by atoms with Crippen molar-refractivity contribution in [3.63, 3.8) is 0 Å². The summed E-state index contributed by atoms with van der Waals surface area (Å²) in [6.45, 7) is 3.17. The number of primary amides is 4. The van der Waals surface area contributed by atoms with Gasteiger partial charge in [0.1, 0.15) is 0 Å². The quantitative estimate of drug-likeness (QED) is 0.104. The molecule has 24 heteroatoms. The number of carbonyl (C=O) groups is 8. The molecule has 0 aliphatic rings. The predicted molar refractivity (Wildman–Crippen MR) is 130 cm³/mol. The number of nitrogens with zero attached hydrogens (tertiary/aromatic N) is 2. The topological polar surface area (TPSA) is 391 Å². The first-order chi connectivity index (χ1) is 18.0. The summed E-state index contributed by atoms with van der Waals surface area (Å²) in [6.07, 6.45) is 0. The third kappa shape index (κ3) is 147. The van der Waals surface area contributed by atoms with Crippen LogP contribution in [0.15, 0.2) is 0 Å². The average molecular weight is 677 g/mol. The molecule has 0 saturated carbocycles. The summed E-state index contributed by atoms with van der Waals surface area (Å²) in [5.41, 5.74) is 27.7. The molecule has 4 amide bonds. The average Bonchev–Trinajstić information content (AvgIpc) is 2.68. The van der Waals surface area contributed by atoms with Crippen LogP contribution in [0, 0.1) is 0 Å². The van der Waals surface area contributed by atoms with Crippen molar-refractivity contribution in [2.45, 2.75) is 27.7 Å². The van der Waals surface area contributed by atoms with Crippen LogP contribution in [-0.2, 0) is 38.4 Å². The van der Waals surface area contributed by atoms with Crippen molar-refractivity contribution in [2.75, 3.05) is 52.4 Å². The number of nitrogens with two attached hydrogens (primary N) is 6. The second-order valence-corrected chi connectivity index (χ2v) is 6.93. The number of amides is 4. The minimum Gasteiger partial charge on any atom is -0.549 e. The molecule has 0 fully saturated rings. The first kappa shape index (κ1) is 70.1. The Balaban J connectivity index is -0.0000000496. The van der Waals surface area contributed by atoms with E-state index in [-0.39, 0.29) is 155 Å². The summed E-state index contributed by atoms with van der Waals surface area (Å²) in [7, 11) is 0. The van der Waals surface area contributed by atoms with Gasteiger partial charge in [0.25, 0.3) is 0 Å². The third-order valence-electron chi connectivity index (χ3n) is 2.31. The van der Waals surface area contributed by atoms with E-state index >= 15 is 0 Å². The van der Waals surface area contributed by atoms with Gasteiger partial charge in [-0.1, -0.05) is 0 Å². The van der Waals surface area contributed by atoms with Crippen molar-refractivity contribution < 1.29 is 177 Å². The fraction of sp³-hybridized carbons (Fsp3) is 0.600. The van der Waals surface area contributed by atoms with Crippen molar-refractivity contribution in [2.24, 2.45) is 34.4 Å². The molecule has 0 spiro atoms. The van der Waals surface area contributed by atoms with Crippen LogP contribution < -0.4 is 173 Å². The maximum atomic E-state index is 10.4. The molecule has 236 valence electrons. The van der Waals surface area contributed by atoms with Crippen molar-refractivity contribution in [1.29, 1.82) is 0 Å². The minimum absolute atomic E-state index is 0. The van der Waals surface area contributed by atoms with Gasteiger partial charge in [-0.3, -0.25) is 29.0 Å². The third-order valence-corrected chi connectivity index (χ3v) is 2.31. The van der Waals surface area contributed by atoms with Crippen molar-refractivity contribution in [1.82, 2.24) is 9.80 Å². The molecule has 0 heterocycles. The van der Waals surface area contributed by atoms with Gasteiger partial charge in [0.05, 0.1) is 23.9 Å². The Bertz CT molecular complexity index is 651. The minimum atomic E-state index is -1.53. The van der Waals surface area contributed by atoms with E-state index in [1.54, 1.807) is 0 Å². The molecule has 0 aromatic rings. The van der Waals surface area contributed by atoms with Gasteiger partial charge in [-0.2, -0.15) is 0 Å². The SMILES string of the molecule is CC(N)=O.CC(N)=O.CC(N)=O.CC(N)=O.NCCN.O=C([O-])CN(CCN(CC(=O)[O-])CC(=O)[O-])CC(=O)[O-].[Na+].[Na+].[Na+].[Na+]. The molecular weight excluding hydrogens is 636 g/mol. The first-order valence-corrected chi connectivity index (χ1v) is 10.7. The van der Waals surface area contributed by atoms with Gasteiger partial charge in [-0.05, 0) is 0 Å². The first-order valence-electron chi connectivity index (χ1n) is 10.7. The molecule has 44 heavy (non-hydrogen) atoms. The van der Waals surface area contributed by atoms with Crippen LogP contribution in [0.1, 0.15) is 27.7 Å². The monoisotopic (exact) mass is 676 g/mol. The largest absolute Gasteiger partial charge is 1.00 e. The Hall–Kier alpha value is -0.400. The summed E-state index contributed by atoms with van der Waals surface area (Å²) in [5, 5.41) is 41.6. The predicted octanol–water partition coefficient (Wildman–Crippen LogP) is -22.5. The zero-order valence-electron chi connectivity index (χ0n) is 26.9. The van der Waals surface area contributed by atoms with Crippen LogP contribution in [0.3, 0.4) is 0 Å². The van der Waals surface area contributed by atoms with Crippen LogP contribution >= 0.6 is 0 Å². The van der Waals surface area contributed by atoms with Gasteiger partial charge < -0.3 is 74.0 Å². The summed E-state index contributed by atoms with van der Waals surface area (Å²) < 4.78 is 0. The zero-order chi connectivity index (χ0) is 33.4. The Morgan fingerprint density at radius 3 is 0.614 bits per heavy atom. The van der Waals surface area contributed by atoms with Gasteiger partial charge >= 0.3 is 118 Å². The molecule has 12 N–H and O–H groups in total. The number of hydrogen-bond acceptors (Lipinski definition) is 16. The maximum absolute atomic E-state index is 10.4. The molecule has 20 nitrogen and oxygen atoms in total. The number of carboxylic acids is 4. The Morgan fingerprint density at radius 2 is 0.545 bits per heavy atom. The van der Waals surface area contributed by atoms with Gasteiger partial charge in [0.15, 0.2) is 0 Å². The molecule has 0 bridgehead atoms. The van der Waals surface area contributed by atoms with Crippen molar-refractivity contribution in [3.8, 4) is 0 Å². The molecule has 0 aliphatic carbocycles. The summed E-state index contributed by atoms with van der Waals surface area (Å²) in [6, 6.07) is 0. The molecule has 0 rings (SSSR count). The summed E-state index contributed by atoms with van der Waals surface area (Å²) >= 11 is 0. The van der Waals surface area contributed by atoms with Gasteiger partial charge in [0, 0.05) is 80.1 Å². The molecule has 0 radical (unpaired) electrons. The molecule has 0 aromatic heterocycles. The van der Waals surface area contributed by atoms with Gasteiger partial charge in [-0.25, -0.2) is 0 Å². The fourth-order valence-electron chi connectivity index (χ4n) is 1.44. The number of carbonyl (C=O) groups excluding carboxylic acids is 8. The second kappa shape index (κ2) is 52.1. The maximum Gasteiger partial charge on any atom is 1.00 e.